The predicted octanol–water partition coefficient (Wildman–Crippen LogP) is 3.78. The van der Waals surface area contributed by atoms with Crippen LogP contribution in [0.5, 0.6) is 0 Å². The summed E-state index contributed by atoms with van der Waals surface area (Å²) < 4.78 is 0. The van der Waals surface area contributed by atoms with Gasteiger partial charge in [0, 0.05) is 23.4 Å². The van der Waals surface area contributed by atoms with Crippen LogP contribution >= 0.6 is 12.2 Å². The molecule has 2 aromatic carbocycles. The van der Waals surface area contributed by atoms with Gasteiger partial charge in [-0.05, 0) is 55.9 Å². The standard InChI is InChI=1S/C19H21N3O2S/c1-4-17(23)21-16-11-15(9-8-13(16)3)20-19(25)22-18(24)14-7-5-6-12(2)10-14/h5-11H,4H2,1-3H3,(H,21,23)(H2,20,22,24,25). The molecule has 0 heterocycles. The van der Waals surface area contributed by atoms with Crippen molar-refractivity contribution in [3.63, 3.8) is 0 Å². The number of nitrogens with one attached hydrogen (secondary N) is 3. The number of amides is 2. The predicted molar refractivity (Wildman–Crippen MR) is 105 cm³/mol. The molecule has 6 heteroatoms. The highest BCUT2D eigenvalue weighted by Gasteiger charge is 2.09. The Bertz CT molecular complexity index is 818. The van der Waals surface area contributed by atoms with Crippen LogP contribution in [0.1, 0.15) is 34.8 Å². The minimum absolute atomic E-state index is 0.0597. The maximum atomic E-state index is 12.2. The molecule has 0 aliphatic heterocycles. The van der Waals surface area contributed by atoms with E-state index < -0.39 is 0 Å². The number of carbonyl (C=O) groups excluding carboxylic acids is 2. The lowest BCUT2D eigenvalue weighted by molar-refractivity contribution is -0.115. The fourth-order valence-corrected chi connectivity index (χ4v) is 2.41. The van der Waals surface area contributed by atoms with Crippen molar-refractivity contribution in [2.75, 3.05) is 10.6 Å². The van der Waals surface area contributed by atoms with Crippen LogP contribution in [0.2, 0.25) is 0 Å². The summed E-state index contributed by atoms with van der Waals surface area (Å²) in [6, 6.07) is 12.8. The average molecular weight is 355 g/mol. The van der Waals surface area contributed by atoms with Crippen LogP contribution in [-0.2, 0) is 4.79 Å². The zero-order chi connectivity index (χ0) is 18.4. The SMILES string of the molecule is CCC(=O)Nc1cc(NC(=S)NC(=O)c2cccc(C)c2)ccc1C. The number of hydrogen-bond donors (Lipinski definition) is 3. The van der Waals surface area contributed by atoms with E-state index in [9.17, 15) is 9.59 Å². The second-order valence-corrected chi connectivity index (χ2v) is 6.12. The molecule has 130 valence electrons. The number of anilines is 2. The quantitative estimate of drug-likeness (QED) is 0.730. The highest BCUT2D eigenvalue weighted by molar-refractivity contribution is 7.80. The van der Waals surface area contributed by atoms with Crippen LogP contribution in [0, 0.1) is 13.8 Å². The van der Waals surface area contributed by atoms with Crippen molar-refractivity contribution in [3.05, 3.63) is 59.2 Å². The molecule has 0 unspecified atom stereocenters. The lowest BCUT2D eigenvalue weighted by Gasteiger charge is -2.13. The van der Waals surface area contributed by atoms with Gasteiger partial charge in [0.15, 0.2) is 5.11 Å². The van der Waals surface area contributed by atoms with Crippen molar-refractivity contribution in [2.24, 2.45) is 0 Å². The zero-order valence-electron chi connectivity index (χ0n) is 14.5. The molecular weight excluding hydrogens is 334 g/mol. The van der Waals surface area contributed by atoms with Crippen LogP contribution < -0.4 is 16.0 Å². The number of hydrogen-bond acceptors (Lipinski definition) is 3. The summed E-state index contributed by atoms with van der Waals surface area (Å²) in [5.74, 6) is -0.330. The lowest BCUT2D eigenvalue weighted by atomic mass is 10.1. The van der Waals surface area contributed by atoms with Gasteiger partial charge in [0.05, 0.1) is 0 Å². The first-order valence-electron chi connectivity index (χ1n) is 7.98. The molecule has 2 aromatic rings. The van der Waals surface area contributed by atoms with E-state index in [1.807, 2.05) is 38.1 Å². The van der Waals surface area contributed by atoms with E-state index in [4.69, 9.17) is 12.2 Å². The molecular formula is C19H21N3O2S. The third-order valence-electron chi connectivity index (χ3n) is 3.60. The van der Waals surface area contributed by atoms with Crippen molar-refractivity contribution in [2.45, 2.75) is 27.2 Å². The van der Waals surface area contributed by atoms with Gasteiger partial charge in [0.1, 0.15) is 0 Å². The molecule has 0 aliphatic rings. The van der Waals surface area contributed by atoms with Crippen LogP contribution in [0.3, 0.4) is 0 Å². The zero-order valence-corrected chi connectivity index (χ0v) is 15.3. The topological polar surface area (TPSA) is 70.2 Å². The Labute approximate surface area is 152 Å². The van der Waals surface area contributed by atoms with Gasteiger partial charge in [-0.3, -0.25) is 14.9 Å². The highest BCUT2D eigenvalue weighted by atomic mass is 32.1. The summed E-state index contributed by atoms with van der Waals surface area (Å²) in [6.45, 7) is 5.63. The molecule has 0 saturated carbocycles. The molecule has 5 nitrogen and oxygen atoms in total. The molecule has 0 spiro atoms. The molecule has 0 aliphatic carbocycles. The number of rotatable bonds is 4. The summed E-state index contributed by atoms with van der Waals surface area (Å²) in [5.41, 5.74) is 3.89. The van der Waals surface area contributed by atoms with Gasteiger partial charge in [0.2, 0.25) is 5.91 Å². The van der Waals surface area contributed by atoms with Crippen LogP contribution in [0.4, 0.5) is 11.4 Å². The summed E-state index contributed by atoms with van der Waals surface area (Å²) in [7, 11) is 0. The van der Waals surface area contributed by atoms with E-state index in [0.29, 0.717) is 23.4 Å². The summed E-state index contributed by atoms with van der Waals surface area (Å²) in [6.07, 6.45) is 0.405. The second kappa shape index (κ2) is 8.39. The smallest absolute Gasteiger partial charge is 0.257 e. The molecule has 0 saturated heterocycles. The first-order chi connectivity index (χ1) is 11.9. The molecule has 2 amide bonds. The van der Waals surface area contributed by atoms with Gasteiger partial charge >= 0.3 is 0 Å². The van der Waals surface area contributed by atoms with E-state index in [2.05, 4.69) is 16.0 Å². The number of thiocarbonyl (C=S) groups is 1. The monoisotopic (exact) mass is 355 g/mol. The third-order valence-corrected chi connectivity index (χ3v) is 3.80. The number of benzene rings is 2. The van der Waals surface area contributed by atoms with Gasteiger partial charge in [-0.1, -0.05) is 30.7 Å². The van der Waals surface area contributed by atoms with E-state index >= 15 is 0 Å². The Morgan fingerprint density at radius 2 is 1.80 bits per heavy atom. The minimum Gasteiger partial charge on any atom is -0.332 e. The van der Waals surface area contributed by atoms with E-state index in [1.54, 1.807) is 25.1 Å². The Morgan fingerprint density at radius 1 is 1.04 bits per heavy atom. The highest BCUT2D eigenvalue weighted by Crippen LogP contribution is 2.20. The Kier molecular flexibility index (Phi) is 6.25. The van der Waals surface area contributed by atoms with Crippen LogP contribution in [0.15, 0.2) is 42.5 Å². The van der Waals surface area contributed by atoms with Crippen molar-refractivity contribution in [3.8, 4) is 0 Å². The summed E-state index contributed by atoms with van der Waals surface area (Å²) in [5, 5.41) is 8.65. The Morgan fingerprint density at radius 3 is 2.48 bits per heavy atom. The van der Waals surface area contributed by atoms with E-state index in [1.165, 1.54) is 0 Å². The van der Waals surface area contributed by atoms with Gasteiger partial charge in [0.25, 0.3) is 5.91 Å². The molecule has 0 aromatic heterocycles. The van der Waals surface area contributed by atoms with Crippen molar-refractivity contribution < 1.29 is 9.59 Å². The van der Waals surface area contributed by atoms with E-state index in [0.717, 1.165) is 11.1 Å². The van der Waals surface area contributed by atoms with Crippen molar-refractivity contribution >= 4 is 40.5 Å². The summed E-state index contributed by atoms with van der Waals surface area (Å²) >= 11 is 5.20. The van der Waals surface area contributed by atoms with Gasteiger partial charge in [-0.2, -0.15) is 0 Å². The van der Waals surface area contributed by atoms with Gasteiger partial charge in [-0.15, -0.1) is 0 Å². The first-order valence-corrected chi connectivity index (χ1v) is 8.39. The lowest BCUT2D eigenvalue weighted by Crippen LogP contribution is -2.34. The molecule has 3 N–H and O–H groups in total. The fourth-order valence-electron chi connectivity index (χ4n) is 2.20. The molecule has 0 fully saturated rings. The summed E-state index contributed by atoms with van der Waals surface area (Å²) in [4.78, 5) is 23.8. The maximum Gasteiger partial charge on any atom is 0.257 e. The molecule has 25 heavy (non-hydrogen) atoms. The van der Waals surface area contributed by atoms with E-state index in [-0.39, 0.29) is 16.9 Å². The van der Waals surface area contributed by atoms with Crippen molar-refractivity contribution in [1.29, 1.82) is 0 Å². The number of carbonyl (C=O) groups is 2. The fraction of sp³-hybridized carbons (Fsp3) is 0.211. The average Bonchev–Trinajstić information content (AvgIpc) is 2.57. The Balaban J connectivity index is 2.04. The molecule has 0 bridgehead atoms. The van der Waals surface area contributed by atoms with Crippen LogP contribution in [-0.4, -0.2) is 16.9 Å². The normalized spacial score (nSPS) is 10.0. The van der Waals surface area contributed by atoms with Gasteiger partial charge in [-0.25, -0.2) is 0 Å². The van der Waals surface area contributed by atoms with Crippen LogP contribution in [0.25, 0.3) is 0 Å². The molecule has 2 rings (SSSR count). The Hall–Kier alpha value is -2.73. The minimum atomic E-state index is -0.271. The second-order valence-electron chi connectivity index (χ2n) is 5.71. The molecule has 0 atom stereocenters. The largest absolute Gasteiger partial charge is 0.332 e. The molecule has 0 radical (unpaired) electrons. The number of aryl methyl sites for hydroxylation is 2. The first kappa shape index (κ1) is 18.6. The van der Waals surface area contributed by atoms with Gasteiger partial charge < -0.3 is 10.6 Å². The maximum absolute atomic E-state index is 12.2. The third kappa shape index (κ3) is 5.39. The van der Waals surface area contributed by atoms with Crippen molar-refractivity contribution in [1.82, 2.24) is 5.32 Å².